The zero-order valence-electron chi connectivity index (χ0n) is 15.6. The van der Waals surface area contributed by atoms with Gasteiger partial charge in [-0.15, -0.1) is 0 Å². The monoisotopic (exact) mass is 361 g/mol. The summed E-state index contributed by atoms with van der Waals surface area (Å²) in [6.07, 6.45) is 0. The van der Waals surface area contributed by atoms with Gasteiger partial charge in [-0.2, -0.15) is 0 Å². The topological polar surface area (TPSA) is 47.6 Å². The van der Waals surface area contributed by atoms with Crippen molar-refractivity contribution in [2.24, 2.45) is 0 Å². The molecular formula is C23H23NO3. The first-order valence-corrected chi connectivity index (χ1v) is 8.87. The fraction of sp³-hybridized carbons (Fsp3) is 0.174. The van der Waals surface area contributed by atoms with Crippen LogP contribution < -0.4 is 14.8 Å². The molecular weight excluding hydrogens is 338 g/mol. The van der Waals surface area contributed by atoms with Crippen molar-refractivity contribution in [1.29, 1.82) is 0 Å². The van der Waals surface area contributed by atoms with Gasteiger partial charge >= 0.3 is 0 Å². The summed E-state index contributed by atoms with van der Waals surface area (Å²) in [6.45, 7) is 4.39. The number of rotatable bonds is 7. The van der Waals surface area contributed by atoms with Gasteiger partial charge in [-0.1, -0.05) is 48.5 Å². The first kappa shape index (κ1) is 18.5. The molecule has 4 nitrogen and oxygen atoms in total. The standard InChI is InChI=1S/C23H23NO3/c1-17-11-12-18(2)22(13-17)27-16-23(25)24-20-9-6-10-21(14-20)26-15-19-7-4-3-5-8-19/h3-14H,15-16H2,1-2H3,(H,24,25). The molecule has 1 amide bonds. The molecule has 138 valence electrons. The summed E-state index contributed by atoms with van der Waals surface area (Å²) in [7, 11) is 0. The van der Waals surface area contributed by atoms with Gasteiger partial charge in [0.15, 0.2) is 6.61 Å². The number of carbonyl (C=O) groups excluding carboxylic acids is 1. The molecule has 4 heteroatoms. The van der Waals surface area contributed by atoms with Crippen LogP contribution in [0.3, 0.4) is 0 Å². The van der Waals surface area contributed by atoms with E-state index < -0.39 is 0 Å². The van der Waals surface area contributed by atoms with Gasteiger partial charge in [-0.3, -0.25) is 4.79 Å². The molecule has 0 unspecified atom stereocenters. The third-order valence-corrected chi connectivity index (χ3v) is 4.07. The highest BCUT2D eigenvalue weighted by molar-refractivity contribution is 5.92. The Balaban J connectivity index is 1.54. The van der Waals surface area contributed by atoms with Crippen molar-refractivity contribution >= 4 is 11.6 Å². The average Bonchev–Trinajstić information content (AvgIpc) is 2.68. The Bertz CT molecular complexity index is 907. The highest BCUT2D eigenvalue weighted by atomic mass is 16.5. The maximum absolute atomic E-state index is 12.2. The zero-order valence-corrected chi connectivity index (χ0v) is 15.6. The Morgan fingerprint density at radius 3 is 2.52 bits per heavy atom. The number of nitrogens with one attached hydrogen (secondary N) is 1. The number of aryl methyl sites for hydroxylation is 2. The number of carbonyl (C=O) groups is 1. The van der Waals surface area contributed by atoms with Crippen molar-refractivity contribution in [2.75, 3.05) is 11.9 Å². The van der Waals surface area contributed by atoms with Crippen LogP contribution in [-0.4, -0.2) is 12.5 Å². The van der Waals surface area contributed by atoms with Crippen LogP contribution in [0.5, 0.6) is 11.5 Å². The van der Waals surface area contributed by atoms with E-state index in [0.29, 0.717) is 18.0 Å². The molecule has 0 spiro atoms. The van der Waals surface area contributed by atoms with Crippen molar-refractivity contribution in [3.05, 3.63) is 89.5 Å². The molecule has 0 saturated carbocycles. The summed E-state index contributed by atoms with van der Waals surface area (Å²) >= 11 is 0. The highest BCUT2D eigenvalue weighted by Crippen LogP contribution is 2.20. The van der Waals surface area contributed by atoms with Crippen LogP contribution in [0.15, 0.2) is 72.8 Å². The highest BCUT2D eigenvalue weighted by Gasteiger charge is 2.07. The first-order valence-electron chi connectivity index (χ1n) is 8.87. The third kappa shape index (κ3) is 5.61. The van der Waals surface area contributed by atoms with E-state index in [1.54, 1.807) is 6.07 Å². The third-order valence-electron chi connectivity index (χ3n) is 4.07. The maximum atomic E-state index is 12.2. The van der Waals surface area contributed by atoms with E-state index in [2.05, 4.69) is 5.32 Å². The molecule has 0 aromatic heterocycles. The Hall–Kier alpha value is -3.27. The lowest BCUT2D eigenvalue weighted by Crippen LogP contribution is -2.20. The summed E-state index contributed by atoms with van der Waals surface area (Å²) in [5, 5.41) is 2.84. The molecule has 27 heavy (non-hydrogen) atoms. The molecule has 0 fully saturated rings. The van der Waals surface area contributed by atoms with Gasteiger partial charge in [0, 0.05) is 11.8 Å². The van der Waals surface area contributed by atoms with E-state index in [-0.39, 0.29) is 12.5 Å². The molecule has 0 bridgehead atoms. The van der Waals surface area contributed by atoms with Crippen LogP contribution in [0.1, 0.15) is 16.7 Å². The maximum Gasteiger partial charge on any atom is 0.262 e. The summed E-state index contributed by atoms with van der Waals surface area (Å²) < 4.78 is 11.4. The molecule has 1 N–H and O–H groups in total. The second-order valence-electron chi connectivity index (χ2n) is 6.41. The summed E-state index contributed by atoms with van der Waals surface area (Å²) in [5.74, 6) is 1.22. The molecule has 3 aromatic rings. The molecule has 3 rings (SSSR count). The summed E-state index contributed by atoms with van der Waals surface area (Å²) in [5.41, 5.74) is 3.87. The Labute approximate surface area is 159 Å². The zero-order chi connectivity index (χ0) is 19.1. The Morgan fingerprint density at radius 1 is 0.889 bits per heavy atom. The normalized spacial score (nSPS) is 10.3. The lowest BCUT2D eigenvalue weighted by Gasteiger charge is -2.11. The van der Waals surface area contributed by atoms with Crippen LogP contribution in [0.25, 0.3) is 0 Å². The smallest absolute Gasteiger partial charge is 0.262 e. The van der Waals surface area contributed by atoms with Crippen LogP contribution in [0.4, 0.5) is 5.69 Å². The lowest BCUT2D eigenvalue weighted by atomic mass is 10.1. The minimum absolute atomic E-state index is 0.0423. The fourth-order valence-electron chi connectivity index (χ4n) is 2.61. The van der Waals surface area contributed by atoms with Gasteiger partial charge in [-0.05, 0) is 48.7 Å². The number of anilines is 1. The summed E-state index contributed by atoms with van der Waals surface area (Å²) in [6, 6.07) is 23.2. The van der Waals surface area contributed by atoms with E-state index in [4.69, 9.17) is 9.47 Å². The van der Waals surface area contributed by atoms with Gasteiger partial charge in [0.05, 0.1) is 0 Å². The van der Waals surface area contributed by atoms with E-state index in [1.807, 2.05) is 80.6 Å². The predicted octanol–water partition coefficient (Wildman–Crippen LogP) is 4.90. The average molecular weight is 361 g/mol. The largest absolute Gasteiger partial charge is 0.489 e. The second kappa shape index (κ2) is 8.90. The molecule has 0 aliphatic heterocycles. The number of hydrogen-bond donors (Lipinski definition) is 1. The van der Waals surface area contributed by atoms with Gasteiger partial charge in [0.25, 0.3) is 5.91 Å². The summed E-state index contributed by atoms with van der Waals surface area (Å²) in [4.78, 5) is 12.2. The molecule has 0 aliphatic carbocycles. The van der Waals surface area contributed by atoms with E-state index in [9.17, 15) is 4.79 Å². The Kier molecular flexibility index (Phi) is 6.10. The quantitative estimate of drug-likeness (QED) is 0.651. The van der Waals surface area contributed by atoms with E-state index in [0.717, 1.165) is 22.4 Å². The minimum atomic E-state index is -0.212. The lowest BCUT2D eigenvalue weighted by molar-refractivity contribution is -0.118. The fourth-order valence-corrected chi connectivity index (χ4v) is 2.61. The molecule has 0 atom stereocenters. The van der Waals surface area contributed by atoms with Crippen molar-refractivity contribution in [3.8, 4) is 11.5 Å². The van der Waals surface area contributed by atoms with Gasteiger partial charge < -0.3 is 14.8 Å². The number of hydrogen-bond acceptors (Lipinski definition) is 3. The first-order chi connectivity index (χ1) is 13.1. The second-order valence-corrected chi connectivity index (χ2v) is 6.41. The van der Waals surface area contributed by atoms with Crippen LogP contribution in [-0.2, 0) is 11.4 Å². The van der Waals surface area contributed by atoms with Crippen molar-refractivity contribution in [3.63, 3.8) is 0 Å². The van der Waals surface area contributed by atoms with Crippen molar-refractivity contribution in [2.45, 2.75) is 20.5 Å². The van der Waals surface area contributed by atoms with Gasteiger partial charge in [0.2, 0.25) is 0 Å². The van der Waals surface area contributed by atoms with Crippen molar-refractivity contribution in [1.82, 2.24) is 0 Å². The molecule has 3 aromatic carbocycles. The SMILES string of the molecule is Cc1ccc(C)c(OCC(=O)Nc2cccc(OCc3ccccc3)c2)c1. The molecule has 0 saturated heterocycles. The number of benzene rings is 3. The van der Waals surface area contributed by atoms with E-state index >= 15 is 0 Å². The number of ether oxygens (including phenoxy) is 2. The van der Waals surface area contributed by atoms with Gasteiger partial charge in [0.1, 0.15) is 18.1 Å². The molecule has 0 aliphatic rings. The predicted molar refractivity (Wildman–Crippen MR) is 107 cm³/mol. The number of amides is 1. The molecule has 0 radical (unpaired) electrons. The van der Waals surface area contributed by atoms with Crippen molar-refractivity contribution < 1.29 is 14.3 Å². The van der Waals surface area contributed by atoms with Crippen LogP contribution >= 0.6 is 0 Å². The van der Waals surface area contributed by atoms with Gasteiger partial charge in [-0.25, -0.2) is 0 Å². The minimum Gasteiger partial charge on any atom is -0.489 e. The Morgan fingerprint density at radius 2 is 1.70 bits per heavy atom. The van der Waals surface area contributed by atoms with Crippen LogP contribution in [0, 0.1) is 13.8 Å². The van der Waals surface area contributed by atoms with Crippen LogP contribution in [0.2, 0.25) is 0 Å². The van der Waals surface area contributed by atoms with E-state index in [1.165, 1.54) is 0 Å². The molecule has 0 heterocycles.